The quantitative estimate of drug-likeness (QED) is 0.553. The van der Waals surface area contributed by atoms with E-state index in [4.69, 9.17) is 9.47 Å². The molecule has 7 heteroatoms. The first-order valence-corrected chi connectivity index (χ1v) is 11.0. The number of likely N-dealkylation sites (N-methyl/N-ethyl adjacent to an activating group) is 1. The third-order valence-corrected chi connectivity index (χ3v) is 5.25. The van der Waals surface area contributed by atoms with E-state index in [0.717, 1.165) is 23.4 Å². The number of carbonyl (C=O) groups is 2. The monoisotopic (exact) mass is 437 g/mol. The Morgan fingerprint density at radius 3 is 2.31 bits per heavy atom. The van der Waals surface area contributed by atoms with Gasteiger partial charge in [0.1, 0.15) is 5.75 Å². The molecule has 1 aliphatic heterocycles. The predicted octanol–water partition coefficient (Wildman–Crippen LogP) is 3.78. The SMILES string of the molecule is CCOC(=O)C1=C(CN(CC)Cc2ccccc2)NC(=O)NC1c1ccc(OCC)cc1. The largest absolute Gasteiger partial charge is 0.494 e. The van der Waals surface area contributed by atoms with Crippen molar-refractivity contribution in [1.82, 2.24) is 15.5 Å². The summed E-state index contributed by atoms with van der Waals surface area (Å²) in [6.07, 6.45) is 0. The number of nitrogens with one attached hydrogen (secondary N) is 2. The number of esters is 1. The number of rotatable bonds is 10. The van der Waals surface area contributed by atoms with Gasteiger partial charge in [-0.2, -0.15) is 0 Å². The minimum atomic E-state index is -0.607. The molecule has 0 aliphatic carbocycles. The number of urea groups is 1. The van der Waals surface area contributed by atoms with Crippen LogP contribution in [0.5, 0.6) is 5.75 Å². The fourth-order valence-electron chi connectivity index (χ4n) is 3.71. The lowest BCUT2D eigenvalue weighted by atomic mass is 9.94. The topological polar surface area (TPSA) is 79.9 Å². The number of amides is 2. The zero-order valence-electron chi connectivity index (χ0n) is 18.9. The molecule has 2 N–H and O–H groups in total. The maximum atomic E-state index is 13.0. The van der Waals surface area contributed by atoms with Gasteiger partial charge >= 0.3 is 12.0 Å². The van der Waals surface area contributed by atoms with Crippen LogP contribution in [0.4, 0.5) is 4.79 Å². The fourth-order valence-corrected chi connectivity index (χ4v) is 3.71. The van der Waals surface area contributed by atoms with Gasteiger partial charge in [0.05, 0.1) is 24.8 Å². The maximum absolute atomic E-state index is 13.0. The molecular weight excluding hydrogens is 406 g/mol. The van der Waals surface area contributed by atoms with Crippen LogP contribution in [0, 0.1) is 0 Å². The van der Waals surface area contributed by atoms with Crippen molar-refractivity contribution >= 4 is 12.0 Å². The fraction of sp³-hybridized carbons (Fsp3) is 0.360. The molecule has 0 fully saturated rings. The van der Waals surface area contributed by atoms with Gasteiger partial charge in [0, 0.05) is 18.8 Å². The lowest BCUT2D eigenvalue weighted by Crippen LogP contribution is -2.48. The average molecular weight is 438 g/mol. The van der Waals surface area contributed by atoms with Gasteiger partial charge in [0.2, 0.25) is 0 Å². The van der Waals surface area contributed by atoms with Gasteiger partial charge in [-0.15, -0.1) is 0 Å². The summed E-state index contributed by atoms with van der Waals surface area (Å²) in [5, 5.41) is 5.73. The highest BCUT2D eigenvalue weighted by atomic mass is 16.5. The highest BCUT2D eigenvalue weighted by Crippen LogP contribution is 2.29. The minimum Gasteiger partial charge on any atom is -0.494 e. The van der Waals surface area contributed by atoms with Gasteiger partial charge < -0.3 is 20.1 Å². The Hall–Kier alpha value is -3.32. The highest BCUT2D eigenvalue weighted by molar-refractivity contribution is 5.95. The Balaban J connectivity index is 1.94. The van der Waals surface area contributed by atoms with E-state index < -0.39 is 12.0 Å². The summed E-state index contributed by atoms with van der Waals surface area (Å²) in [6.45, 7) is 8.44. The molecule has 3 rings (SSSR count). The molecule has 2 aromatic carbocycles. The van der Waals surface area contributed by atoms with Gasteiger partial charge in [-0.05, 0) is 43.7 Å². The Morgan fingerprint density at radius 1 is 0.969 bits per heavy atom. The average Bonchev–Trinajstić information content (AvgIpc) is 2.79. The van der Waals surface area contributed by atoms with E-state index in [1.807, 2.05) is 49.4 Å². The molecule has 2 amide bonds. The molecule has 0 spiro atoms. The van der Waals surface area contributed by atoms with Crippen LogP contribution < -0.4 is 15.4 Å². The maximum Gasteiger partial charge on any atom is 0.338 e. The van der Waals surface area contributed by atoms with E-state index in [1.165, 1.54) is 0 Å². The summed E-state index contributed by atoms with van der Waals surface area (Å²) < 4.78 is 10.9. The Labute approximate surface area is 189 Å². The second-order valence-electron chi connectivity index (χ2n) is 7.44. The van der Waals surface area contributed by atoms with E-state index in [-0.39, 0.29) is 12.6 Å². The molecule has 0 bridgehead atoms. The Kier molecular flexibility index (Phi) is 8.27. The molecule has 1 atom stereocenters. The second kappa shape index (κ2) is 11.3. The van der Waals surface area contributed by atoms with Crippen LogP contribution in [-0.2, 0) is 16.1 Å². The number of carbonyl (C=O) groups excluding carboxylic acids is 2. The lowest BCUT2D eigenvalue weighted by Gasteiger charge is -2.32. The molecule has 1 unspecified atom stereocenters. The van der Waals surface area contributed by atoms with Crippen molar-refractivity contribution in [3.63, 3.8) is 0 Å². The predicted molar refractivity (Wildman–Crippen MR) is 123 cm³/mol. The second-order valence-corrected chi connectivity index (χ2v) is 7.44. The molecule has 0 saturated carbocycles. The number of hydrogen-bond donors (Lipinski definition) is 2. The van der Waals surface area contributed by atoms with Gasteiger partial charge in [-0.1, -0.05) is 49.4 Å². The lowest BCUT2D eigenvalue weighted by molar-refractivity contribution is -0.139. The Morgan fingerprint density at radius 2 is 1.69 bits per heavy atom. The van der Waals surface area contributed by atoms with Crippen LogP contribution in [0.2, 0.25) is 0 Å². The molecule has 0 aromatic heterocycles. The highest BCUT2D eigenvalue weighted by Gasteiger charge is 2.34. The first kappa shape index (κ1) is 23.3. The summed E-state index contributed by atoms with van der Waals surface area (Å²) >= 11 is 0. The first-order valence-electron chi connectivity index (χ1n) is 11.0. The van der Waals surface area contributed by atoms with Crippen molar-refractivity contribution in [2.75, 3.05) is 26.3 Å². The molecule has 0 radical (unpaired) electrons. The molecule has 7 nitrogen and oxygen atoms in total. The third-order valence-electron chi connectivity index (χ3n) is 5.25. The van der Waals surface area contributed by atoms with Gasteiger partial charge in [0.15, 0.2) is 0 Å². The van der Waals surface area contributed by atoms with E-state index in [1.54, 1.807) is 6.92 Å². The number of nitrogens with zero attached hydrogens (tertiary/aromatic N) is 1. The molecule has 32 heavy (non-hydrogen) atoms. The zero-order chi connectivity index (χ0) is 22.9. The van der Waals surface area contributed by atoms with Crippen molar-refractivity contribution in [3.05, 3.63) is 77.0 Å². The van der Waals surface area contributed by atoms with Crippen molar-refractivity contribution in [2.24, 2.45) is 0 Å². The zero-order valence-corrected chi connectivity index (χ0v) is 18.9. The summed E-state index contributed by atoms with van der Waals surface area (Å²) in [7, 11) is 0. The van der Waals surface area contributed by atoms with E-state index in [0.29, 0.717) is 31.0 Å². The number of hydrogen-bond acceptors (Lipinski definition) is 5. The smallest absolute Gasteiger partial charge is 0.338 e. The van der Waals surface area contributed by atoms with E-state index in [2.05, 4.69) is 34.6 Å². The molecule has 1 heterocycles. The van der Waals surface area contributed by atoms with Crippen LogP contribution in [0.25, 0.3) is 0 Å². The van der Waals surface area contributed by atoms with Crippen LogP contribution >= 0.6 is 0 Å². The number of benzene rings is 2. The summed E-state index contributed by atoms with van der Waals surface area (Å²) in [4.78, 5) is 27.7. The standard InChI is InChI=1S/C25H31N3O4/c1-4-28(16-18-10-8-7-9-11-18)17-21-22(24(29)32-6-3)23(27-25(30)26-21)19-12-14-20(15-13-19)31-5-2/h7-15,23H,4-6,16-17H2,1-3H3,(H2,26,27,30). The normalized spacial score (nSPS) is 15.9. The van der Waals surface area contributed by atoms with Crippen molar-refractivity contribution in [1.29, 1.82) is 0 Å². The van der Waals surface area contributed by atoms with E-state index in [9.17, 15) is 9.59 Å². The van der Waals surface area contributed by atoms with Crippen LogP contribution in [0.1, 0.15) is 37.9 Å². The molecule has 170 valence electrons. The van der Waals surface area contributed by atoms with Gasteiger partial charge in [-0.25, -0.2) is 9.59 Å². The van der Waals surface area contributed by atoms with Gasteiger partial charge in [0.25, 0.3) is 0 Å². The van der Waals surface area contributed by atoms with Crippen LogP contribution in [0.3, 0.4) is 0 Å². The van der Waals surface area contributed by atoms with Crippen molar-refractivity contribution in [3.8, 4) is 5.75 Å². The van der Waals surface area contributed by atoms with Crippen molar-refractivity contribution < 1.29 is 19.1 Å². The van der Waals surface area contributed by atoms with Gasteiger partial charge in [-0.3, -0.25) is 4.90 Å². The van der Waals surface area contributed by atoms with E-state index >= 15 is 0 Å². The number of ether oxygens (including phenoxy) is 2. The van der Waals surface area contributed by atoms with Crippen molar-refractivity contribution in [2.45, 2.75) is 33.4 Å². The van der Waals surface area contributed by atoms with Crippen LogP contribution in [-0.4, -0.2) is 43.2 Å². The molecule has 2 aromatic rings. The summed E-state index contributed by atoms with van der Waals surface area (Å²) in [5.74, 6) is 0.295. The summed E-state index contributed by atoms with van der Waals surface area (Å²) in [6, 6.07) is 16.6. The molecule has 1 aliphatic rings. The Bertz CT molecular complexity index is 941. The van der Waals surface area contributed by atoms with Crippen LogP contribution in [0.15, 0.2) is 65.9 Å². The minimum absolute atomic E-state index is 0.251. The first-order chi connectivity index (χ1) is 15.5. The molecule has 0 saturated heterocycles. The summed E-state index contributed by atoms with van der Waals surface area (Å²) in [5.41, 5.74) is 2.93. The molecular formula is C25H31N3O4. The third kappa shape index (κ3) is 5.88.